The summed E-state index contributed by atoms with van der Waals surface area (Å²) in [4.78, 5) is 24.8. The summed E-state index contributed by atoms with van der Waals surface area (Å²) in [7, 11) is 0. The van der Waals surface area contributed by atoms with Crippen molar-refractivity contribution in [3.05, 3.63) is 64.1 Å². The highest BCUT2D eigenvalue weighted by atomic mass is 35.5. The fraction of sp³-hybridized carbons (Fsp3) is 0.158. The summed E-state index contributed by atoms with van der Waals surface area (Å²) < 4.78 is 15.3. The molecule has 0 aliphatic rings. The maximum atomic E-state index is 14.0. The Kier molecular flexibility index (Phi) is 4.46. The number of phenols is 1. The zero-order valence-electron chi connectivity index (χ0n) is 14.1. The molecule has 1 unspecified atom stereocenters. The molecule has 3 aromatic rings. The van der Waals surface area contributed by atoms with Crippen LogP contribution < -0.4 is 5.73 Å². The molecule has 0 fully saturated rings. The minimum absolute atomic E-state index is 0.242. The summed E-state index contributed by atoms with van der Waals surface area (Å²) in [6, 6.07) is 8.63. The molecule has 0 saturated heterocycles. The Morgan fingerprint density at radius 3 is 2.58 bits per heavy atom. The number of carbonyl (C=O) groups is 2. The van der Waals surface area contributed by atoms with E-state index in [1.807, 2.05) is 0 Å². The molecule has 0 radical (unpaired) electrons. The van der Waals surface area contributed by atoms with Crippen molar-refractivity contribution in [2.24, 2.45) is 5.73 Å². The van der Waals surface area contributed by atoms with E-state index in [0.717, 1.165) is 6.07 Å². The molecule has 0 aliphatic carbocycles. The van der Waals surface area contributed by atoms with Gasteiger partial charge in [-0.15, -0.1) is 0 Å². The number of hydrogen-bond acceptors (Lipinski definition) is 3. The Bertz CT molecular complexity index is 1060. The second kappa shape index (κ2) is 6.46. The molecular formula is C19H16ClFN2O3. The predicted molar refractivity (Wildman–Crippen MR) is 97.1 cm³/mol. The van der Waals surface area contributed by atoms with E-state index in [2.05, 4.69) is 0 Å². The van der Waals surface area contributed by atoms with Crippen molar-refractivity contribution in [3.8, 4) is 5.75 Å². The largest absolute Gasteiger partial charge is 0.505 e. The standard InChI is InChI=1S/C19H16ClFN2O3/c1-9(18(22)25)17-10(2)23(15-8-14(21)16(24)7-13(15)17)19(26)11-4-3-5-12(20)6-11/h3-9,24H,1-2H3,(H2,22,25). The van der Waals surface area contributed by atoms with Gasteiger partial charge in [0.15, 0.2) is 11.6 Å². The van der Waals surface area contributed by atoms with Crippen molar-refractivity contribution >= 4 is 34.3 Å². The van der Waals surface area contributed by atoms with E-state index in [4.69, 9.17) is 17.3 Å². The fourth-order valence-corrected chi connectivity index (χ4v) is 3.34. The molecule has 3 rings (SSSR count). The van der Waals surface area contributed by atoms with Crippen LogP contribution in [-0.4, -0.2) is 21.5 Å². The number of primary amides is 1. The Balaban J connectivity index is 2.35. The number of nitrogens with zero attached hydrogens (tertiary/aromatic N) is 1. The number of hydrogen-bond donors (Lipinski definition) is 2. The van der Waals surface area contributed by atoms with Crippen LogP contribution in [0.5, 0.6) is 5.75 Å². The number of carbonyl (C=O) groups excluding carboxylic acids is 2. The van der Waals surface area contributed by atoms with Crippen molar-refractivity contribution in [2.45, 2.75) is 19.8 Å². The molecule has 7 heteroatoms. The smallest absolute Gasteiger partial charge is 0.262 e. The fourth-order valence-electron chi connectivity index (χ4n) is 3.15. The molecule has 0 bridgehead atoms. The summed E-state index contributed by atoms with van der Waals surface area (Å²) in [5, 5.41) is 10.5. The molecule has 3 N–H and O–H groups in total. The van der Waals surface area contributed by atoms with Gasteiger partial charge in [0, 0.05) is 27.7 Å². The molecule has 1 heterocycles. The molecule has 2 aromatic carbocycles. The molecule has 0 spiro atoms. The van der Waals surface area contributed by atoms with E-state index in [-0.39, 0.29) is 5.52 Å². The van der Waals surface area contributed by atoms with Gasteiger partial charge in [0.2, 0.25) is 5.91 Å². The molecule has 0 saturated carbocycles. The lowest BCUT2D eigenvalue weighted by Gasteiger charge is -2.10. The van der Waals surface area contributed by atoms with E-state index >= 15 is 0 Å². The Morgan fingerprint density at radius 1 is 1.27 bits per heavy atom. The highest BCUT2D eigenvalue weighted by Gasteiger charge is 2.26. The van der Waals surface area contributed by atoms with E-state index in [9.17, 15) is 19.1 Å². The SMILES string of the molecule is Cc1c(C(C)C(N)=O)c2cc(O)c(F)cc2n1C(=O)c1cccc(Cl)c1. The average Bonchev–Trinajstić information content (AvgIpc) is 2.85. The van der Waals surface area contributed by atoms with Crippen LogP contribution in [0.3, 0.4) is 0 Å². The Labute approximate surface area is 153 Å². The van der Waals surface area contributed by atoms with Crippen LogP contribution >= 0.6 is 11.6 Å². The molecule has 1 amide bonds. The zero-order chi connectivity index (χ0) is 19.2. The van der Waals surface area contributed by atoms with Crippen molar-refractivity contribution in [1.82, 2.24) is 4.57 Å². The minimum Gasteiger partial charge on any atom is -0.505 e. The maximum absolute atomic E-state index is 14.0. The summed E-state index contributed by atoms with van der Waals surface area (Å²) in [5.41, 5.74) is 6.89. The van der Waals surface area contributed by atoms with Crippen LogP contribution in [0.4, 0.5) is 4.39 Å². The first-order chi connectivity index (χ1) is 12.2. The number of benzene rings is 2. The molecule has 0 aliphatic heterocycles. The highest BCUT2D eigenvalue weighted by molar-refractivity contribution is 6.31. The number of rotatable bonds is 3. The lowest BCUT2D eigenvalue weighted by atomic mass is 9.97. The number of halogens is 2. The second-order valence-electron chi connectivity index (χ2n) is 6.09. The van der Waals surface area contributed by atoms with E-state index in [1.165, 1.54) is 16.7 Å². The van der Waals surface area contributed by atoms with Gasteiger partial charge in [0.05, 0.1) is 11.4 Å². The van der Waals surface area contributed by atoms with Crippen LogP contribution in [0.2, 0.25) is 5.02 Å². The first-order valence-electron chi connectivity index (χ1n) is 7.85. The van der Waals surface area contributed by atoms with Gasteiger partial charge in [-0.25, -0.2) is 4.39 Å². The van der Waals surface area contributed by atoms with Crippen molar-refractivity contribution in [1.29, 1.82) is 0 Å². The summed E-state index contributed by atoms with van der Waals surface area (Å²) in [6.07, 6.45) is 0. The van der Waals surface area contributed by atoms with Gasteiger partial charge in [-0.1, -0.05) is 17.7 Å². The van der Waals surface area contributed by atoms with Crippen LogP contribution in [0, 0.1) is 12.7 Å². The third-order valence-corrected chi connectivity index (χ3v) is 4.69. The van der Waals surface area contributed by atoms with Crippen LogP contribution in [0.1, 0.15) is 34.5 Å². The second-order valence-corrected chi connectivity index (χ2v) is 6.53. The lowest BCUT2D eigenvalue weighted by Crippen LogP contribution is -2.20. The number of amides is 1. The number of fused-ring (bicyclic) bond motifs is 1. The van der Waals surface area contributed by atoms with Gasteiger partial charge in [0.1, 0.15) is 0 Å². The average molecular weight is 375 g/mol. The molecule has 1 atom stereocenters. The van der Waals surface area contributed by atoms with Gasteiger partial charge in [-0.3, -0.25) is 14.2 Å². The van der Waals surface area contributed by atoms with E-state index in [1.54, 1.807) is 32.0 Å². The molecular weight excluding hydrogens is 359 g/mol. The van der Waals surface area contributed by atoms with Gasteiger partial charge in [-0.05, 0) is 43.7 Å². The first-order valence-corrected chi connectivity index (χ1v) is 8.23. The van der Waals surface area contributed by atoms with Gasteiger partial charge in [0.25, 0.3) is 5.91 Å². The highest BCUT2D eigenvalue weighted by Crippen LogP contribution is 2.35. The Hall–Kier alpha value is -2.86. The first kappa shape index (κ1) is 17.9. The van der Waals surface area contributed by atoms with Crippen LogP contribution in [0.15, 0.2) is 36.4 Å². The number of nitrogens with two attached hydrogens (primary N) is 1. The third-order valence-electron chi connectivity index (χ3n) is 4.46. The van der Waals surface area contributed by atoms with Gasteiger partial charge in [-0.2, -0.15) is 0 Å². The maximum Gasteiger partial charge on any atom is 0.262 e. The van der Waals surface area contributed by atoms with E-state index in [0.29, 0.717) is 27.2 Å². The van der Waals surface area contributed by atoms with Gasteiger partial charge >= 0.3 is 0 Å². The Morgan fingerprint density at radius 2 is 1.96 bits per heavy atom. The zero-order valence-corrected chi connectivity index (χ0v) is 14.8. The van der Waals surface area contributed by atoms with Crippen LogP contribution in [0.25, 0.3) is 10.9 Å². The summed E-state index contributed by atoms with van der Waals surface area (Å²) in [5.74, 6) is -3.18. The predicted octanol–water partition coefficient (Wildman–Crippen LogP) is 3.73. The molecule has 26 heavy (non-hydrogen) atoms. The summed E-state index contributed by atoms with van der Waals surface area (Å²) >= 11 is 5.96. The topological polar surface area (TPSA) is 85.3 Å². The lowest BCUT2D eigenvalue weighted by molar-refractivity contribution is -0.119. The molecule has 1 aromatic heterocycles. The molecule has 5 nitrogen and oxygen atoms in total. The van der Waals surface area contributed by atoms with Crippen LogP contribution in [-0.2, 0) is 4.79 Å². The number of phenolic OH excluding ortho intramolecular Hbond substituents is 1. The number of aromatic hydroxyl groups is 1. The van der Waals surface area contributed by atoms with Gasteiger partial charge < -0.3 is 10.8 Å². The minimum atomic E-state index is -0.867. The third kappa shape index (κ3) is 2.82. The van der Waals surface area contributed by atoms with E-state index < -0.39 is 29.3 Å². The van der Waals surface area contributed by atoms with Crippen molar-refractivity contribution < 1.29 is 19.1 Å². The quantitative estimate of drug-likeness (QED) is 0.732. The number of aromatic nitrogens is 1. The normalized spacial score (nSPS) is 12.3. The van der Waals surface area contributed by atoms with Crippen molar-refractivity contribution in [3.63, 3.8) is 0 Å². The summed E-state index contributed by atoms with van der Waals surface area (Å²) in [6.45, 7) is 3.24. The monoisotopic (exact) mass is 374 g/mol. The molecule has 134 valence electrons. The van der Waals surface area contributed by atoms with Crippen molar-refractivity contribution in [2.75, 3.05) is 0 Å².